The van der Waals surface area contributed by atoms with Crippen LogP contribution in [0.4, 0.5) is 5.69 Å². The zero-order valence-electron chi connectivity index (χ0n) is 12.5. The molecule has 2 amide bonds. The molecule has 6 nitrogen and oxygen atoms in total. The summed E-state index contributed by atoms with van der Waals surface area (Å²) >= 11 is 0. The van der Waals surface area contributed by atoms with E-state index >= 15 is 0 Å². The summed E-state index contributed by atoms with van der Waals surface area (Å²) < 4.78 is 5.43. The van der Waals surface area contributed by atoms with Gasteiger partial charge in [0.15, 0.2) is 11.5 Å². The predicted molar refractivity (Wildman–Crippen MR) is 82.3 cm³/mol. The summed E-state index contributed by atoms with van der Waals surface area (Å²) in [6.45, 7) is 2.33. The summed E-state index contributed by atoms with van der Waals surface area (Å²) in [5.74, 6) is 0.860. The second-order valence-corrected chi connectivity index (χ2v) is 5.63. The molecular formula is C16H19N3O3. The minimum atomic E-state index is -0.0729. The molecule has 1 aromatic carbocycles. The summed E-state index contributed by atoms with van der Waals surface area (Å²) in [5, 5.41) is 5.68. The van der Waals surface area contributed by atoms with E-state index in [1.807, 2.05) is 6.07 Å². The van der Waals surface area contributed by atoms with E-state index in [4.69, 9.17) is 4.42 Å². The zero-order valence-corrected chi connectivity index (χ0v) is 12.5. The van der Waals surface area contributed by atoms with E-state index in [0.717, 1.165) is 18.4 Å². The maximum absolute atomic E-state index is 11.9. The highest BCUT2D eigenvalue weighted by atomic mass is 16.3. The second kappa shape index (κ2) is 6.17. The summed E-state index contributed by atoms with van der Waals surface area (Å²) in [7, 11) is 0. The molecule has 0 bridgehead atoms. The molecular weight excluding hydrogens is 282 g/mol. The molecule has 0 atom stereocenters. The van der Waals surface area contributed by atoms with Crippen LogP contribution in [-0.4, -0.2) is 23.3 Å². The van der Waals surface area contributed by atoms with Gasteiger partial charge in [-0.15, -0.1) is 0 Å². The van der Waals surface area contributed by atoms with Crippen molar-refractivity contribution in [2.75, 3.05) is 11.9 Å². The monoisotopic (exact) mass is 301 g/mol. The Labute approximate surface area is 128 Å². The molecule has 1 aliphatic rings. The minimum Gasteiger partial charge on any atom is -0.441 e. The molecule has 2 N–H and O–H groups in total. The van der Waals surface area contributed by atoms with E-state index in [0.29, 0.717) is 36.5 Å². The molecule has 0 saturated heterocycles. The Balaban J connectivity index is 1.44. The van der Waals surface area contributed by atoms with Gasteiger partial charge in [-0.1, -0.05) is 0 Å². The molecule has 6 heteroatoms. The van der Waals surface area contributed by atoms with Crippen LogP contribution in [0.5, 0.6) is 0 Å². The van der Waals surface area contributed by atoms with Crippen molar-refractivity contribution < 1.29 is 14.0 Å². The van der Waals surface area contributed by atoms with E-state index < -0.39 is 0 Å². The highest BCUT2D eigenvalue weighted by molar-refractivity contribution is 5.92. The Morgan fingerprint density at radius 1 is 1.36 bits per heavy atom. The molecule has 22 heavy (non-hydrogen) atoms. The third-order valence-corrected chi connectivity index (χ3v) is 3.61. The molecule has 0 aliphatic heterocycles. The Morgan fingerprint density at radius 3 is 2.95 bits per heavy atom. The number of hydrogen-bond donors (Lipinski definition) is 2. The fraction of sp³-hybridized carbons (Fsp3) is 0.438. The first-order valence-electron chi connectivity index (χ1n) is 7.56. The first kappa shape index (κ1) is 14.6. The number of carbonyl (C=O) groups is 2. The van der Waals surface area contributed by atoms with Crippen molar-refractivity contribution in [1.29, 1.82) is 0 Å². The van der Waals surface area contributed by atoms with Gasteiger partial charge < -0.3 is 15.1 Å². The number of nitrogens with one attached hydrogen (secondary N) is 2. The minimum absolute atomic E-state index is 0.0729. The van der Waals surface area contributed by atoms with Crippen LogP contribution in [0, 0.1) is 12.8 Å². The quantitative estimate of drug-likeness (QED) is 0.802. The van der Waals surface area contributed by atoms with Crippen LogP contribution in [0.3, 0.4) is 0 Å². The van der Waals surface area contributed by atoms with Gasteiger partial charge in [0, 0.05) is 37.6 Å². The number of oxazole rings is 1. The fourth-order valence-electron chi connectivity index (χ4n) is 2.29. The van der Waals surface area contributed by atoms with Crippen molar-refractivity contribution in [3.05, 3.63) is 24.1 Å². The van der Waals surface area contributed by atoms with Crippen LogP contribution in [0.1, 0.15) is 31.6 Å². The summed E-state index contributed by atoms with van der Waals surface area (Å²) in [6, 6.07) is 5.39. The Bertz CT molecular complexity index is 704. The lowest BCUT2D eigenvalue weighted by Gasteiger charge is -2.06. The number of carbonyl (C=O) groups excluding carboxylic acids is 2. The van der Waals surface area contributed by atoms with Crippen LogP contribution in [0.25, 0.3) is 11.1 Å². The van der Waals surface area contributed by atoms with E-state index in [2.05, 4.69) is 15.6 Å². The first-order chi connectivity index (χ1) is 10.6. The third kappa shape index (κ3) is 3.63. The number of amides is 2. The van der Waals surface area contributed by atoms with Gasteiger partial charge in [0.1, 0.15) is 5.52 Å². The molecule has 116 valence electrons. The Morgan fingerprint density at radius 2 is 2.18 bits per heavy atom. The number of rotatable bonds is 6. The van der Waals surface area contributed by atoms with Gasteiger partial charge in [-0.2, -0.15) is 0 Å². The number of anilines is 1. The molecule has 1 aliphatic carbocycles. The van der Waals surface area contributed by atoms with Crippen molar-refractivity contribution >= 4 is 28.6 Å². The summed E-state index contributed by atoms with van der Waals surface area (Å²) in [6.07, 6.45) is 3.00. The average Bonchev–Trinajstić information content (AvgIpc) is 3.25. The second-order valence-electron chi connectivity index (χ2n) is 5.63. The Kier molecular flexibility index (Phi) is 4.09. The van der Waals surface area contributed by atoms with Crippen molar-refractivity contribution in [2.45, 2.75) is 32.6 Å². The topological polar surface area (TPSA) is 84.2 Å². The summed E-state index contributed by atoms with van der Waals surface area (Å²) in [5.41, 5.74) is 2.13. The lowest BCUT2D eigenvalue weighted by molar-refractivity contribution is -0.122. The van der Waals surface area contributed by atoms with E-state index in [9.17, 15) is 9.59 Å². The van der Waals surface area contributed by atoms with Crippen molar-refractivity contribution in [3.8, 4) is 0 Å². The number of aromatic nitrogens is 1. The van der Waals surface area contributed by atoms with Crippen LogP contribution in [-0.2, 0) is 9.59 Å². The van der Waals surface area contributed by atoms with Gasteiger partial charge in [-0.05, 0) is 31.4 Å². The van der Waals surface area contributed by atoms with Gasteiger partial charge in [0.25, 0.3) is 0 Å². The molecule has 0 spiro atoms. The Hall–Kier alpha value is -2.37. The average molecular weight is 301 g/mol. The molecule has 0 radical (unpaired) electrons. The third-order valence-electron chi connectivity index (χ3n) is 3.61. The van der Waals surface area contributed by atoms with Crippen molar-refractivity contribution in [2.24, 2.45) is 5.92 Å². The lowest BCUT2D eigenvalue weighted by atomic mass is 10.2. The van der Waals surface area contributed by atoms with E-state index in [1.165, 1.54) is 0 Å². The molecule has 1 saturated carbocycles. The van der Waals surface area contributed by atoms with Crippen LogP contribution in [0.2, 0.25) is 0 Å². The molecule has 2 aromatic rings. The van der Waals surface area contributed by atoms with Gasteiger partial charge in [-0.3, -0.25) is 9.59 Å². The van der Waals surface area contributed by atoms with Crippen LogP contribution >= 0.6 is 0 Å². The van der Waals surface area contributed by atoms with Gasteiger partial charge in [-0.25, -0.2) is 4.98 Å². The van der Waals surface area contributed by atoms with Gasteiger partial charge in [0.2, 0.25) is 11.8 Å². The summed E-state index contributed by atoms with van der Waals surface area (Å²) in [4.78, 5) is 27.5. The number of aryl methyl sites for hydroxylation is 1. The number of benzene rings is 1. The number of hydrogen-bond acceptors (Lipinski definition) is 4. The van der Waals surface area contributed by atoms with Crippen LogP contribution < -0.4 is 10.6 Å². The zero-order chi connectivity index (χ0) is 15.5. The molecule has 0 unspecified atom stereocenters. The first-order valence-corrected chi connectivity index (χ1v) is 7.56. The number of nitrogens with zero attached hydrogens (tertiary/aromatic N) is 1. The highest BCUT2D eigenvalue weighted by Gasteiger charge is 2.28. The highest BCUT2D eigenvalue weighted by Crippen LogP contribution is 2.28. The van der Waals surface area contributed by atoms with Crippen molar-refractivity contribution in [1.82, 2.24) is 10.3 Å². The normalized spacial score (nSPS) is 14.0. The maximum atomic E-state index is 11.9. The maximum Gasteiger partial charge on any atom is 0.224 e. The number of fused-ring (bicyclic) bond motifs is 1. The molecule has 1 heterocycles. The van der Waals surface area contributed by atoms with Gasteiger partial charge >= 0.3 is 0 Å². The fourth-order valence-corrected chi connectivity index (χ4v) is 2.29. The molecule has 3 rings (SSSR count). The molecule has 1 aromatic heterocycles. The van der Waals surface area contributed by atoms with Crippen LogP contribution in [0.15, 0.2) is 22.6 Å². The lowest BCUT2D eigenvalue weighted by Crippen LogP contribution is -2.26. The van der Waals surface area contributed by atoms with E-state index in [1.54, 1.807) is 19.1 Å². The largest absolute Gasteiger partial charge is 0.441 e. The molecule has 1 fully saturated rings. The predicted octanol–water partition coefficient (Wildman–Crippen LogP) is 2.38. The SMILES string of the molecule is Cc1nc2ccc(NC(=O)CCCNC(=O)C3CC3)cc2o1. The standard InChI is InChI=1S/C16H19N3O3/c1-10-18-13-7-6-12(9-14(13)22-10)19-15(20)3-2-8-17-16(21)11-4-5-11/h6-7,9,11H,2-5,8H2,1H3,(H,17,21)(H,19,20). The smallest absolute Gasteiger partial charge is 0.224 e. The van der Waals surface area contributed by atoms with Gasteiger partial charge in [0.05, 0.1) is 0 Å². The van der Waals surface area contributed by atoms with Crippen molar-refractivity contribution in [3.63, 3.8) is 0 Å². The van der Waals surface area contributed by atoms with E-state index in [-0.39, 0.29) is 17.7 Å².